The minimum atomic E-state index is -0.228. The van der Waals surface area contributed by atoms with Crippen molar-refractivity contribution in [3.63, 3.8) is 0 Å². The Labute approximate surface area is 96.6 Å². The van der Waals surface area contributed by atoms with Crippen molar-refractivity contribution in [3.8, 4) is 0 Å². The molecule has 1 aliphatic rings. The molecule has 0 aromatic rings. The van der Waals surface area contributed by atoms with Gasteiger partial charge in [-0.1, -0.05) is 26.7 Å². The number of amides is 1. The molecule has 0 aliphatic heterocycles. The fraction of sp³-hybridized carbons (Fsp3) is 0.909. The zero-order valence-corrected chi connectivity index (χ0v) is 10.5. The second kappa shape index (κ2) is 6.38. The molecular weight excluding hydrogens is 208 g/mol. The van der Waals surface area contributed by atoms with Crippen LogP contribution >= 0.6 is 11.8 Å². The van der Waals surface area contributed by atoms with Gasteiger partial charge in [0.1, 0.15) is 0 Å². The number of thioether (sulfide) groups is 1. The highest BCUT2D eigenvalue weighted by atomic mass is 32.2. The predicted molar refractivity (Wildman–Crippen MR) is 66.0 cm³/mol. The van der Waals surface area contributed by atoms with E-state index in [-0.39, 0.29) is 11.9 Å². The number of nitrogens with two attached hydrogens (primary N) is 1. The van der Waals surface area contributed by atoms with Crippen LogP contribution in [0, 0.1) is 0 Å². The van der Waals surface area contributed by atoms with Crippen LogP contribution in [0.5, 0.6) is 0 Å². The number of primary amides is 1. The fourth-order valence-electron chi connectivity index (χ4n) is 1.90. The highest BCUT2D eigenvalue weighted by molar-refractivity contribution is 8.00. The average molecular weight is 230 g/mol. The van der Waals surface area contributed by atoms with Gasteiger partial charge >= 0.3 is 0 Å². The lowest BCUT2D eigenvalue weighted by atomic mass is 10.3. The van der Waals surface area contributed by atoms with E-state index in [1.54, 1.807) is 0 Å². The van der Waals surface area contributed by atoms with Gasteiger partial charge in [-0.2, -0.15) is 11.8 Å². The van der Waals surface area contributed by atoms with Crippen molar-refractivity contribution in [1.82, 2.24) is 5.32 Å². The molecule has 0 aromatic heterocycles. The molecule has 0 aromatic carbocycles. The second-order valence-electron chi connectivity index (χ2n) is 4.52. The van der Waals surface area contributed by atoms with Crippen LogP contribution in [0.2, 0.25) is 0 Å². The van der Waals surface area contributed by atoms with Crippen LogP contribution in [-0.2, 0) is 4.79 Å². The summed E-state index contributed by atoms with van der Waals surface area (Å²) in [5.74, 6) is 0.590. The Hall–Kier alpha value is -0.220. The van der Waals surface area contributed by atoms with E-state index in [0.717, 1.165) is 11.0 Å². The third-order valence-corrected chi connectivity index (χ3v) is 4.15. The summed E-state index contributed by atoms with van der Waals surface area (Å²) in [5.41, 5.74) is 5.35. The number of carbonyl (C=O) groups excluding carboxylic acids is 1. The van der Waals surface area contributed by atoms with E-state index in [1.807, 2.05) is 25.6 Å². The molecule has 3 N–H and O–H groups in total. The van der Waals surface area contributed by atoms with Gasteiger partial charge in [0.25, 0.3) is 0 Å². The molecule has 88 valence electrons. The summed E-state index contributed by atoms with van der Waals surface area (Å²) in [6, 6.07) is 0.141. The predicted octanol–water partition coefficient (Wildman–Crippen LogP) is 1.51. The first kappa shape index (κ1) is 12.8. The Balaban J connectivity index is 2.27. The Morgan fingerprint density at radius 3 is 2.53 bits per heavy atom. The molecule has 0 saturated heterocycles. The van der Waals surface area contributed by atoms with Crippen molar-refractivity contribution >= 4 is 17.7 Å². The third kappa shape index (κ3) is 4.89. The standard InChI is InChI=1S/C11H22N2OS/c1-8(2)13-10(11(12)14)7-15-9-5-3-4-6-9/h8-10,13H,3-7H2,1-2H3,(H2,12,14). The van der Waals surface area contributed by atoms with Gasteiger partial charge in [0.15, 0.2) is 0 Å². The van der Waals surface area contributed by atoms with Crippen molar-refractivity contribution in [2.75, 3.05) is 5.75 Å². The van der Waals surface area contributed by atoms with Gasteiger partial charge in [-0.05, 0) is 12.8 Å². The van der Waals surface area contributed by atoms with Crippen molar-refractivity contribution in [1.29, 1.82) is 0 Å². The zero-order chi connectivity index (χ0) is 11.3. The molecule has 0 radical (unpaired) electrons. The van der Waals surface area contributed by atoms with Gasteiger partial charge in [0.2, 0.25) is 5.91 Å². The molecule has 0 bridgehead atoms. The summed E-state index contributed by atoms with van der Waals surface area (Å²) in [6.07, 6.45) is 5.29. The molecule has 1 atom stereocenters. The first-order valence-electron chi connectivity index (χ1n) is 5.76. The van der Waals surface area contributed by atoms with Crippen LogP contribution in [0.25, 0.3) is 0 Å². The smallest absolute Gasteiger partial charge is 0.235 e. The summed E-state index contributed by atoms with van der Waals surface area (Å²) in [4.78, 5) is 11.2. The molecule has 3 nitrogen and oxygen atoms in total. The van der Waals surface area contributed by atoms with Crippen molar-refractivity contribution in [3.05, 3.63) is 0 Å². The first-order chi connectivity index (χ1) is 7.09. The Morgan fingerprint density at radius 1 is 1.47 bits per heavy atom. The Kier molecular flexibility index (Phi) is 5.47. The minimum absolute atomic E-state index is 0.171. The molecule has 0 heterocycles. The van der Waals surface area contributed by atoms with Crippen molar-refractivity contribution in [2.24, 2.45) is 5.73 Å². The Bertz CT molecular complexity index is 203. The molecule has 1 aliphatic carbocycles. The van der Waals surface area contributed by atoms with Crippen LogP contribution in [0.4, 0.5) is 0 Å². The lowest BCUT2D eigenvalue weighted by Gasteiger charge is -2.19. The summed E-state index contributed by atoms with van der Waals surface area (Å²) >= 11 is 1.90. The molecule has 1 saturated carbocycles. The minimum Gasteiger partial charge on any atom is -0.368 e. The summed E-state index contributed by atoms with van der Waals surface area (Å²) < 4.78 is 0. The van der Waals surface area contributed by atoms with Gasteiger partial charge in [-0.25, -0.2) is 0 Å². The van der Waals surface area contributed by atoms with Crippen LogP contribution in [0.3, 0.4) is 0 Å². The zero-order valence-electron chi connectivity index (χ0n) is 9.66. The van der Waals surface area contributed by atoms with Gasteiger partial charge < -0.3 is 11.1 Å². The highest BCUT2D eigenvalue weighted by Crippen LogP contribution is 2.29. The molecule has 4 heteroatoms. The molecule has 1 unspecified atom stereocenters. The van der Waals surface area contributed by atoms with Crippen LogP contribution < -0.4 is 11.1 Å². The van der Waals surface area contributed by atoms with Crippen molar-refractivity contribution in [2.45, 2.75) is 56.9 Å². The molecule has 15 heavy (non-hydrogen) atoms. The number of carbonyl (C=O) groups is 1. The number of nitrogens with one attached hydrogen (secondary N) is 1. The number of hydrogen-bond donors (Lipinski definition) is 2. The summed E-state index contributed by atoms with van der Waals surface area (Å²) in [6.45, 7) is 4.08. The number of rotatable bonds is 6. The average Bonchev–Trinajstić information content (AvgIpc) is 2.63. The maximum atomic E-state index is 11.2. The third-order valence-electron chi connectivity index (χ3n) is 2.68. The maximum absolute atomic E-state index is 11.2. The van der Waals surface area contributed by atoms with Gasteiger partial charge in [0, 0.05) is 17.0 Å². The lowest BCUT2D eigenvalue weighted by molar-refractivity contribution is -0.119. The van der Waals surface area contributed by atoms with E-state index < -0.39 is 0 Å². The first-order valence-corrected chi connectivity index (χ1v) is 6.81. The van der Waals surface area contributed by atoms with E-state index in [0.29, 0.717) is 6.04 Å². The molecule has 0 spiro atoms. The topological polar surface area (TPSA) is 55.1 Å². The highest BCUT2D eigenvalue weighted by Gasteiger charge is 2.20. The summed E-state index contributed by atoms with van der Waals surface area (Å²) in [7, 11) is 0. The van der Waals surface area contributed by atoms with E-state index in [1.165, 1.54) is 25.7 Å². The second-order valence-corrected chi connectivity index (χ2v) is 5.85. The van der Waals surface area contributed by atoms with E-state index in [2.05, 4.69) is 5.32 Å². The molecule has 1 fully saturated rings. The molecular formula is C11H22N2OS. The maximum Gasteiger partial charge on any atom is 0.235 e. The summed E-state index contributed by atoms with van der Waals surface area (Å²) in [5, 5.41) is 3.96. The van der Waals surface area contributed by atoms with Gasteiger partial charge in [-0.3, -0.25) is 4.79 Å². The fourth-order valence-corrected chi connectivity index (χ4v) is 3.29. The number of hydrogen-bond acceptors (Lipinski definition) is 3. The quantitative estimate of drug-likeness (QED) is 0.727. The van der Waals surface area contributed by atoms with Crippen LogP contribution in [-0.4, -0.2) is 29.0 Å². The van der Waals surface area contributed by atoms with Crippen LogP contribution in [0.1, 0.15) is 39.5 Å². The SMILES string of the molecule is CC(C)NC(CSC1CCCC1)C(N)=O. The molecule has 1 rings (SSSR count). The van der Waals surface area contributed by atoms with Crippen molar-refractivity contribution < 1.29 is 4.79 Å². The van der Waals surface area contributed by atoms with E-state index in [4.69, 9.17) is 5.73 Å². The monoisotopic (exact) mass is 230 g/mol. The Morgan fingerprint density at radius 2 is 2.07 bits per heavy atom. The van der Waals surface area contributed by atoms with Crippen LogP contribution in [0.15, 0.2) is 0 Å². The van der Waals surface area contributed by atoms with Gasteiger partial charge in [0.05, 0.1) is 6.04 Å². The largest absolute Gasteiger partial charge is 0.368 e. The normalized spacial score (nSPS) is 19.7. The van der Waals surface area contributed by atoms with Gasteiger partial charge in [-0.15, -0.1) is 0 Å². The van der Waals surface area contributed by atoms with E-state index in [9.17, 15) is 4.79 Å². The molecule has 1 amide bonds. The lowest BCUT2D eigenvalue weighted by Crippen LogP contribution is -2.46. The van der Waals surface area contributed by atoms with E-state index >= 15 is 0 Å².